The number of ether oxygens (including phenoxy) is 1. The van der Waals surface area contributed by atoms with Crippen LogP contribution in [0.4, 0.5) is 0 Å². The molecular weight excluding hydrogens is 378 g/mol. The summed E-state index contributed by atoms with van der Waals surface area (Å²) >= 11 is 3.20. The number of cyclic esters (lactones) is 1. The van der Waals surface area contributed by atoms with Gasteiger partial charge in [0, 0.05) is 24.3 Å². The van der Waals surface area contributed by atoms with Crippen LogP contribution in [0.15, 0.2) is 53.0 Å². The lowest BCUT2D eigenvalue weighted by molar-refractivity contribution is -0.140. The standard InChI is InChI=1S/C20H21N3O2S2/c1-14-12-17(19(24)25-14)27-20-22-21-18(13-16-8-5-11-26-16)23(20)10-9-15-6-3-2-4-7-15/h2-8,11,14,17H,9-10,12-13H2,1H3/t14-,17-/m1/s1. The zero-order valence-electron chi connectivity index (χ0n) is 15.1. The average molecular weight is 400 g/mol. The highest BCUT2D eigenvalue weighted by Crippen LogP contribution is 2.32. The fourth-order valence-electron chi connectivity index (χ4n) is 3.16. The molecule has 0 bridgehead atoms. The van der Waals surface area contributed by atoms with E-state index in [1.807, 2.05) is 13.0 Å². The Morgan fingerprint density at radius 3 is 2.78 bits per heavy atom. The number of aromatic nitrogens is 3. The van der Waals surface area contributed by atoms with Crippen LogP contribution in [0.3, 0.4) is 0 Å². The summed E-state index contributed by atoms with van der Waals surface area (Å²) in [5.41, 5.74) is 1.28. The molecule has 1 aromatic carbocycles. The summed E-state index contributed by atoms with van der Waals surface area (Å²) in [7, 11) is 0. The molecule has 0 N–H and O–H groups in total. The van der Waals surface area contributed by atoms with E-state index in [4.69, 9.17) is 4.74 Å². The number of benzene rings is 1. The molecule has 5 nitrogen and oxygen atoms in total. The Morgan fingerprint density at radius 2 is 2.07 bits per heavy atom. The van der Waals surface area contributed by atoms with E-state index >= 15 is 0 Å². The smallest absolute Gasteiger partial charge is 0.319 e. The molecule has 0 spiro atoms. The number of nitrogens with zero attached hydrogens (tertiary/aromatic N) is 3. The summed E-state index contributed by atoms with van der Waals surface area (Å²) in [6.07, 6.45) is 2.34. The summed E-state index contributed by atoms with van der Waals surface area (Å²) < 4.78 is 7.45. The van der Waals surface area contributed by atoms with Crippen molar-refractivity contribution in [1.29, 1.82) is 0 Å². The highest BCUT2D eigenvalue weighted by Gasteiger charge is 2.34. The van der Waals surface area contributed by atoms with Crippen LogP contribution < -0.4 is 0 Å². The van der Waals surface area contributed by atoms with Crippen LogP contribution in [0.1, 0.15) is 29.6 Å². The first kappa shape index (κ1) is 18.3. The predicted molar refractivity (Wildman–Crippen MR) is 107 cm³/mol. The minimum absolute atomic E-state index is 0.0266. The van der Waals surface area contributed by atoms with Gasteiger partial charge in [0.2, 0.25) is 0 Å². The largest absolute Gasteiger partial charge is 0.462 e. The van der Waals surface area contributed by atoms with Crippen LogP contribution in [0.2, 0.25) is 0 Å². The van der Waals surface area contributed by atoms with Crippen LogP contribution in [0, 0.1) is 0 Å². The van der Waals surface area contributed by atoms with E-state index in [-0.39, 0.29) is 17.3 Å². The van der Waals surface area contributed by atoms with Crippen molar-refractivity contribution in [1.82, 2.24) is 14.8 Å². The molecule has 3 aromatic rings. The Hall–Kier alpha value is -2.12. The van der Waals surface area contributed by atoms with Gasteiger partial charge in [-0.2, -0.15) is 0 Å². The van der Waals surface area contributed by atoms with Crippen molar-refractivity contribution >= 4 is 29.1 Å². The summed E-state index contributed by atoms with van der Waals surface area (Å²) in [5.74, 6) is 0.792. The van der Waals surface area contributed by atoms with Crippen LogP contribution in [-0.2, 0) is 28.9 Å². The molecule has 0 saturated carbocycles. The number of carbonyl (C=O) groups excluding carboxylic acids is 1. The minimum Gasteiger partial charge on any atom is -0.462 e. The van der Waals surface area contributed by atoms with Crippen LogP contribution in [0.25, 0.3) is 0 Å². The van der Waals surface area contributed by atoms with Crippen molar-refractivity contribution in [2.24, 2.45) is 0 Å². The number of hydrogen-bond donors (Lipinski definition) is 0. The molecule has 1 aliphatic heterocycles. The summed E-state index contributed by atoms with van der Waals surface area (Å²) in [4.78, 5) is 13.3. The van der Waals surface area contributed by atoms with Gasteiger partial charge >= 0.3 is 5.97 Å². The predicted octanol–water partition coefficient (Wildman–Crippen LogP) is 3.97. The first-order valence-corrected chi connectivity index (χ1v) is 10.8. The van der Waals surface area contributed by atoms with Crippen molar-refractivity contribution in [3.8, 4) is 0 Å². The summed E-state index contributed by atoms with van der Waals surface area (Å²) in [5, 5.41) is 11.5. The summed E-state index contributed by atoms with van der Waals surface area (Å²) in [6, 6.07) is 14.6. The van der Waals surface area contributed by atoms with E-state index in [0.717, 1.165) is 36.8 Å². The van der Waals surface area contributed by atoms with Gasteiger partial charge in [0.15, 0.2) is 5.16 Å². The van der Waals surface area contributed by atoms with Crippen molar-refractivity contribution in [3.63, 3.8) is 0 Å². The van der Waals surface area contributed by atoms with Gasteiger partial charge in [0.25, 0.3) is 0 Å². The maximum atomic E-state index is 12.0. The molecule has 2 aromatic heterocycles. The van der Waals surface area contributed by atoms with E-state index < -0.39 is 0 Å². The maximum Gasteiger partial charge on any atom is 0.319 e. The Labute approximate surface area is 166 Å². The van der Waals surface area contributed by atoms with Gasteiger partial charge in [0.1, 0.15) is 17.2 Å². The highest BCUT2D eigenvalue weighted by molar-refractivity contribution is 8.00. The van der Waals surface area contributed by atoms with E-state index in [1.54, 1.807) is 11.3 Å². The molecule has 3 heterocycles. The molecule has 7 heteroatoms. The molecule has 27 heavy (non-hydrogen) atoms. The second kappa shape index (κ2) is 8.27. The van der Waals surface area contributed by atoms with Crippen molar-refractivity contribution in [2.45, 2.75) is 49.2 Å². The Bertz CT molecular complexity index is 893. The van der Waals surface area contributed by atoms with Gasteiger partial charge in [-0.3, -0.25) is 4.79 Å². The van der Waals surface area contributed by atoms with E-state index in [0.29, 0.717) is 0 Å². The van der Waals surface area contributed by atoms with Gasteiger partial charge in [0.05, 0.1) is 0 Å². The Morgan fingerprint density at radius 1 is 1.22 bits per heavy atom. The van der Waals surface area contributed by atoms with Crippen molar-refractivity contribution < 1.29 is 9.53 Å². The number of aryl methyl sites for hydroxylation is 1. The molecule has 1 saturated heterocycles. The molecule has 0 aliphatic carbocycles. The zero-order chi connectivity index (χ0) is 18.6. The van der Waals surface area contributed by atoms with E-state index in [9.17, 15) is 4.79 Å². The van der Waals surface area contributed by atoms with Crippen molar-refractivity contribution in [3.05, 3.63) is 64.1 Å². The third kappa shape index (κ3) is 4.42. The van der Waals surface area contributed by atoms with E-state index in [2.05, 4.69) is 56.5 Å². The first-order valence-electron chi connectivity index (χ1n) is 9.04. The number of thiophene rings is 1. The lowest BCUT2D eigenvalue weighted by Gasteiger charge is -2.11. The fraction of sp³-hybridized carbons (Fsp3) is 0.350. The maximum absolute atomic E-state index is 12.0. The topological polar surface area (TPSA) is 57.0 Å². The van der Waals surface area contributed by atoms with Crippen molar-refractivity contribution in [2.75, 3.05) is 0 Å². The quantitative estimate of drug-likeness (QED) is 0.563. The van der Waals surface area contributed by atoms with Crippen LogP contribution in [-0.4, -0.2) is 32.1 Å². The molecular formula is C20H21N3O2S2. The zero-order valence-corrected chi connectivity index (χ0v) is 16.7. The third-order valence-corrected chi connectivity index (χ3v) is 6.61. The SMILES string of the molecule is C[C@@H]1C[C@@H](Sc2nnc(Cc3cccs3)n2CCc2ccccc2)C(=O)O1. The average Bonchev–Trinajstić information content (AvgIpc) is 3.38. The van der Waals surface area contributed by atoms with Crippen LogP contribution in [0.5, 0.6) is 0 Å². The molecule has 1 fully saturated rings. The monoisotopic (exact) mass is 399 g/mol. The second-order valence-corrected chi connectivity index (χ2v) is 8.83. The number of thioether (sulfide) groups is 1. The number of carbonyl (C=O) groups is 1. The van der Waals surface area contributed by atoms with Gasteiger partial charge in [-0.05, 0) is 30.4 Å². The molecule has 140 valence electrons. The fourth-order valence-corrected chi connectivity index (χ4v) is 5.05. The van der Waals surface area contributed by atoms with Crippen LogP contribution >= 0.6 is 23.1 Å². The lowest BCUT2D eigenvalue weighted by atomic mass is 10.1. The number of hydrogen-bond acceptors (Lipinski definition) is 6. The molecule has 1 aliphatic rings. The van der Waals surface area contributed by atoms with Gasteiger partial charge in [-0.1, -0.05) is 48.2 Å². The molecule has 2 atom stereocenters. The van der Waals surface area contributed by atoms with Gasteiger partial charge in [-0.25, -0.2) is 0 Å². The Balaban J connectivity index is 1.55. The summed E-state index contributed by atoms with van der Waals surface area (Å²) in [6.45, 7) is 2.72. The minimum atomic E-state index is -0.200. The Kier molecular flexibility index (Phi) is 5.59. The molecule has 0 unspecified atom stereocenters. The van der Waals surface area contributed by atoms with Gasteiger partial charge in [-0.15, -0.1) is 21.5 Å². The number of rotatable bonds is 7. The highest BCUT2D eigenvalue weighted by atomic mass is 32.2. The lowest BCUT2D eigenvalue weighted by Crippen LogP contribution is -2.13. The third-order valence-electron chi connectivity index (χ3n) is 4.55. The second-order valence-electron chi connectivity index (χ2n) is 6.63. The molecule has 4 rings (SSSR count). The molecule has 0 radical (unpaired) electrons. The molecule has 0 amide bonds. The number of esters is 1. The normalized spacial score (nSPS) is 19.4. The van der Waals surface area contributed by atoms with Gasteiger partial charge < -0.3 is 9.30 Å². The first-order chi connectivity index (χ1) is 13.2. The van der Waals surface area contributed by atoms with E-state index in [1.165, 1.54) is 22.2 Å².